The molecule has 3 N–H and O–H groups in total. The Morgan fingerprint density at radius 2 is 2.38 bits per heavy atom. The predicted molar refractivity (Wildman–Crippen MR) is 62.6 cm³/mol. The third-order valence-electron chi connectivity index (χ3n) is 3.56. The average molecular weight is 224 g/mol. The number of hydrogen-bond acceptors (Lipinski definition) is 3. The first-order chi connectivity index (χ1) is 7.70. The van der Waals surface area contributed by atoms with Crippen LogP contribution in [0, 0.1) is 5.21 Å². The lowest BCUT2D eigenvalue weighted by atomic mass is 9.91. The summed E-state index contributed by atoms with van der Waals surface area (Å²) >= 11 is 0. The van der Waals surface area contributed by atoms with Crippen molar-refractivity contribution in [1.29, 1.82) is 0 Å². The quantitative estimate of drug-likeness (QED) is 0.526. The fourth-order valence-corrected chi connectivity index (χ4v) is 2.39. The molecule has 1 saturated heterocycles. The summed E-state index contributed by atoms with van der Waals surface area (Å²) in [4.78, 5) is 0. The maximum atomic E-state index is 11.3. The van der Waals surface area contributed by atoms with E-state index in [9.17, 15) is 5.21 Å². The first-order valence-corrected chi connectivity index (χ1v) is 5.90. The van der Waals surface area contributed by atoms with Gasteiger partial charge in [-0.3, -0.25) is 0 Å². The zero-order valence-corrected chi connectivity index (χ0v) is 9.74. The van der Waals surface area contributed by atoms with Crippen LogP contribution in [0.5, 0.6) is 0 Å². The summed E-state index contributed by atoms with van der Waals surface area (Å²) in [5.41, 5.74) is 7.19. The Kier molecular flexibility index (Phi) is 3.63. The Morgan fingerprint density at radius 3 is 3.00 bits per heavy atom. The topological polar surface area (TPSA) is 62.8 Å². The van der Waals surface area contributed by atoms with Gasteiger partial charge in [0.15, 0.2) is 0 Å². The summed E-state index contributed by atoms with van der Waals surface area (Å²) in [5.74, 6) is 1.04. The first kappa shape index (κ1) is 11.6. The Morgan fingerprint density at radius 1 is 1.56 bits per heavy atom. The van der Waals surface area contributed by atoms with Crippen LogP contribution < -0.4 is 10.8 Å². The largest absolute Gasteiger partial charge is 0.634 e. The van der Waals surface area contributed by atoms with Gasteiger partial charge in [-0.25, -0.2) is 0 Å². The first-order valence-electron chi connectivity index (χ1n) is 5.90. The van der Waals surface area contributed by atoms with E-state index in [-0.39, 0.29) is 12.1 Å². The molecule has 1 heterocycles. The van der Waals surface area contributed by atoms with Crippen molar-refractivity contribution in [2.75, 3.05) is 13.7 Å². The van der Waals surface area contributed by atoms with Crippen molar-refractivity contribution >= 4 is 0 Å². The molecule has 0 aromatic heterocycles. The number of methoxy groups -OCH3 is 1. The molecule has 2 rings (SSSR count). The van der Waals surface area contributed by atoms with Crippen LogP contribution in [-0.2, 0) is 4.74 Å². The van der Waals surface area contributed by atoms with Gasteiger partial charge in [0.05, 0.1) is 19.4 Å². The molecule has 90 valence electrons. The molecule has 0 bridgehead atoms. The zero-order valence-electron chi connectivity index (χ0n) is 9.74. The summed E-state index contributed by atoms with van der Waals surface area (Å²) in [7, 11) is 1.71. The molecule has 1 fully saturated rings. The maximum absolute atomic E-state index is 11.3. The van der Waals surface area contributed by atoms with Crippen LogP contribution in [-0.4, -0.2) is 25.7 Å². The van der Waals surface area contributed by atoms with Crippen molar-refractivity contribution in [3.63, 3.8) is 0 Å². The molecule has 3 unspecified atom stereocenters. The minimum Gasteiger partial charge on any atom is -0.634 e. The number of quaternary nitrogens is 1. The van der Waals surface area contributed by atoms with E-state index in [1.165, 1.54) is 5.57 Å². The highest BCUT2D eigenvalue weighted by molar-refractivity contribution is 5.19. The van der Waals surface area contributed by atoms with Crippen LogP contribution in [0.25, 0.3) is 0 Å². The average Bonchev–Trinajstić information content (AvgIpc) is 2.29. The Labute approximate surface area is 96.3 Å². The lowest BCUT2D eigenvalue weighted by Gasteiger charge is -2.45. The van der Waals surface area contributed by atoms with E-state index in [4.69, 9.17) is 10.5 Å². The third kappa shape index (κ3) is 2.45. The number of ether oxygens (including phenoxy) is 1. The van der Waals surface area contributed by atoms with Gasteiger partial charge in [0.25, 0.3) is 0 Å². The SMILES string of the molecule is COC1=CCC=C(CCC2C(N)C[NH+]2[O-])C1. The number of hydroxylamine groups is 2. The van der Waals surface area contributed by atoms with Gasteiger partial charge in [-0.15, -0.1) is 0 Å². The van der Waals surface area contributed by atoms with Gasteiger partial charge in [-0.2, -0.15) is 0 Å². The molecule has 1 aliphatic heterocycles. The summed E-state index contributed by atoms with van der Waals surface area (Å²) < 4.78 is 5.24. The van der Waals surface area contributed by atoms with Gasteiger partial charge in [-0.1, -0.05) is 11.6 Å². The molecule has 0 radical (unpaired) electrons. The molecule has 1 aliphatic carbocycles. The van der Waals surface area contributed by atoms with Crippen LogP contribution in [0.15, 0.2) is 23.5 Å². The highest BCUT2D eigenvalue weighted by Gasteiger charge is 2.35. The van der Waals surface area contributed by atoms with Gasteiger partial charge in [0, 0.05) is 12.8 Å². The van der Waals surface area contributed by atoms with Gasteiger partial charge >= 0.3 is 0 Å². The van der Waals surface area contributed by atoms with Crippen LogP contribution in [0.4, 0.5) is 0 Å². The summed E-state index contributed by atoms with van der Waals surface area (Å²) in [6.45, 7) is 0.576. The fourth-order valence-electron chi connectivity index (χ4n) is 2.39. The van der Waals surface area contributed by atoms with Crippen molar-refractivity contribution < 1.29 is 9.80 Å². The van der Waals surface area contributed by atoms with Crippen molar-refractivity contribution in [2.45, 2.75) is 37.8 Å². The minimum atomic E-state index is 0.106. The molecule has 0 saturated carbocycles. The van der Waals surface area contributed by atoms with E-state index in [2.05, 4.69) is 12.2 Å². The molecule has 4 nitrogen and oxygen atoms in total. The maximum Gasteiger partial charge on any atom is 0.108 e. The predicted octanol–water partition coefficient (Wildman–Crippen LogP) is 0.109. The fraction of sp³-hybridized carbons (Fsp3) is 0.667. The normalized spacial score (nSPS) is 33.8. The second-order valence-corrected chi connectivity index (χ2v) is 4.63. The summed E-state index contributed by atoms with van der Waals surface area (Å²) in [6, 6.07) is 0.215. The third-order valence-corrected chi connectivity index (χ3v) is 3.56. The number of hydrogen-bond donors (Lipinski definition) is 2. The molecular weight excluding hydrogens is 204 g/mol. The molecule has 3 atom stereocenters. The van der Waals surface area contributed by atoms with Gasteiger partial charge < -0.3 is 20.7 Å². The Hall–Kier alpha value is -0.840. The van der Waals surface area contributed by atoms with Gasteiger partial charge in [-0.05, 0) is 18.9 Å². The highest BCUT2D eigenvalue weighted by Crippen LogP contribution is 2.23. The van der Waals surface area contributed by atoms with E-state index in [0.29, 0.717) is 11.6 Å². The monoisotopic (exact) mass is 224 g/mol. The van der Waals surface area contributed by atoms with E-state index < -0.39 is 0 Å². The van der Waals surface area contributed by atoms with Crippen molar-refractivity contribution in [3.05, 3.63) is 28.7 Å². The van der Waals surface area contributed by atoms with Crippen LogP contribution in [0.1, 0.15) is 25.7 Å². The lowest BCUT2D eigenvalue weighted by molar-refractivity contribution is -0.923. The van der Waals surface area contributed by atoms with E-state index in [0.717, 1.165) is 31.4 Å². The summed E-state index contributed by atoms with van der Waals surface area (Å²) in [5, 5.41) is 11.6. The molecule has 16 heavy (non-hydrogen) atoms. The second kappa shape index (κ2) is 4.99. The summed E-state index contributed by atoms with van der Waals surface area (Å²) in [6.07, 6.45) is 8.06. The van der Waals surface area contributed by atoms with Crippen LogP contribution >= 0.6 is 0 Å². The molecule has 0 spiro atoms. The van der Waals surface area contributed by atoms with E-state index in [1.807, 2.05) is 0 Å². The standard InChI is InChI=1S/C12H20N2O2/c1-16-10-4-2-3-9(7-10)5-6-12-11(13)8-14(12)15/h3-4,11-12,14H,2,5-8,13H2,1H3. The molecule has 0 amide bonds. The molecule has 4 heteroatoms. The van der Waals surface area contributed by atoms with Crippen molar-refractivity contribution in [2.24, 2.45) is 5.73 Å². The van der Waals surface area contributed by atoms with Crippen LogP contribution in [0.3, 0.4) is 0 Å². The zero-order chi connectivity index (χ0) is 11.5. The highest BCUT2D eigenvalue weighted by atomic mass is 16.5. The number of rotatable bonds is 4. The molecule has 0 aromatic rings. The number of nitrogens with one attached hydrogen (secondary N) is 1. The Balaban J connectivity index is 1.76. The van der Waals surface area contributed by atoms with E-state index in [1.54, 1.807) is 7.11 Å². The molecule has 2 aliphatic rings. The minimum absolute atomic E-state index is 0.106. The lowest BCUT2D eigenvalue weighted by Crippen LogP contribution is -3.22. The molecular formula is C12H20N2O2. The van der Waals surface area contributed by atoms with Crippen molar-refractivity contribution in [1.82, 2.24) is 0 Å². The molecule has 0 aromatic carbocycles. The van der Waals surface area contributed by atoms with Gasteiger partial charge in [0.1, 0.15) is 12.1 Å². The Bertz CT molecular complexity index is 304. The van der Waals surface area contributed by atoms with Crippen molar-refractivity contribution in [3.8, 4) is 0 Å². The number of allylic oxidation sites excluding steroid dienone is 3. The smallest absolute Gasteiger partial charge is 0.108 e. The van der Waals surface area contributed by atoms with Gasteiger partial charge in [0.2, 0.25) is 0 Å². The number of nitrogens with two attached hydrogens (primary N) is 1. The van der Waals surface area contributed by atoms with E-state index >= 15 is 0 Å². The van der Waals surface area contributed by atoms with Crippen LogP contribution in [0.2, 0.25) is 0 Å². The second-order valence-electron chi connectivity index (χ2n) is 4.63.